The number of hydrogen-bond donors (Lipinski definition) is 1. The summed E-state index contributed by atoms with van der Waals surface area (Å²) in [6.07, 6.45) is -0.964. The fraction of sp³-hybridized carbons (Fsp3) is 0.222. The zero-order chi connectivity index (χ0) is 20.0. The number of benzene rings is 2. The summed E-state index contributed by atoms with van der Waals surface area (Å²) in [5.41, 5.74) is 0.185. The molecular formula is C18H17FN2O6. The van der Waals surface area contributed by atoms with E-state index < -0.39 is 35.3 Å². The van der Waals surface area contributed by atoms with Crippen LogP contribution in [0, 0.1) is 22.9 Å². The number of nitrogens with zero attached hydrogens (tertiary/aromatic N) is 1. The van der Waals surface area contributed by atoms with E-state index in [9.17, 15) is 24.1 Å². The van der Waals surface area contributed by atoms with Crippen molar-refractivity contribution in [2.45, 2.75) is 20.0 Å². The second kappa shape index (κ2) is 8.75. The molecule has 0 aliphatic rings. The maximum Gasteiger partial charge on any atom is 0.347 e. The number of nitro benzene ring substituents is 1. The summed E-state index contributed by atoms with van der Waals surface area (Å²) in [5, 5.41) is 12.8. The molecule has 2 aromatic carbocycles. The number of nitro groups is 1. The van der Waals surface area contributed by atoms with Gasteiger partial charge in [0, 0.05) is 12.1 Å². The molecule has 2 rings (SSSR count). The van der Waals surface area contributed by atoms with Crippen LogP contribution in [0.5, 0.6) is 5.75 Å². The minimum atomic E-state index is -0.964. The number of amides is 1. The molecule has 1 N–H and O–H groups in total. The van der Waals surface area contributed by atoms with Crippen LogP contribution in [0.3, 0.4) is 0 Å². The molecule has 0 radical (unpaired) electrons. The summed E-state index contributed by atoms with van der Waals surface area (Å²) in [7, 11) is 0. The normalized spacial score (nSPS) is 11.4. The summed E-state index contributed by atoms with van der Waals surface area (Å²) in [6, 6.07) is 9.75. The highest BCUT2D eigenvalue weighted by molar-refractivity contribution is 5.93. The number of nitrogens with one attached hydrogen (secondary N) is 1. The lowest BCUT2D eigenvalue weighted by Gasteiger charge is -2.14. The third-order valence-electron chi connectivity index (χ3n) is 3.41. The van der Waals surface area contributed by atoms with E-state index in [-0.39, 0.29) is 11.4 Å². The van der Waals surface area contributed by atoms with E-state index in [4.69, 9.17) is 9.47 Å². The van der Waals surface area contributed by atoms with E-state index >= 15 is 0 Å². The first kappa shape index (κ1) is 19.8. The highest BCUT2D eigenvalue weighted by Gasteiger charge is 2.19. The average molecular weight is 376 g/mol. The summed E-state index contributed by atoms with van der Waals surface area (Å²) < 4.78 is 23.9. The Bertz CT molecular complexity index is 871. The largest absolute Gasteiger partial charge is 0.479 e. The molecule has 0 unspecified atom stereocenters. The minimum absolute atomic E-state index is 0.380. The van der Waals surface area contributed by atoms with E-state index in [0.717, 1.165) is 23.8 Å². The standard InChI is InChI=1S/C18H17FN2O6/c1-11-4-3-5-14(8-11)27-12(2)18(23)26-10-17(22)20-16-9-13(21(24)25)6-7-15(16)19/h3-9,12H,10H2,1-2H3,(H,20,22)/t12-/m0/s1. The van der Waals surface area contributed by atoms with E-state index in [2.05, 4.69) is 5.32 Å². The SMILES string of the molecule is Cc1cccc(O[C@@H](C)C(=O)OCC(=O)Nc2cc([N+](=O)[O-])ccc2F)c1. The van der Waals surface area contributed by atoms with Gasteiger partial charge >= 0.3 is 5.97 Å². The van der Waals surface area contributed by atoms with Crippen molar-refractivity contribution in [1.82, 2.24) is 0 Å². The lowest BCUT2D eigenvalue weighted by Crippen LogP contribution is -2.29. The zero-order valence-corrected chi connectivity index (χ0v) is 14.6. The summed E-state index contributed by atoms with van der Waals surface area (Å²) >= 11 is 0. The Hall–Kier alpha value is -3.49. The molecule has 142 valence electrons. The number of aryl methyl sites for hydroxylation is 1. The van der Waals surface area contributed by atoms with Crippen LogP contribution in [0.1, 0.15) is 12.5 Å². The van der Waals surface area contributed by atoms with Crippen molar-refractivity contribution in [3.63, 3.8) is 0 Å². The van der Waals surface area contributed by atoms with Crippen LogP contribution in [0.4, 0.5) is 15.8 Å². The molecular weight excluding hydrogens is 359 g/mol. The van der Waals surface area contributed by atoms with Crippen molar-refractivity contribution in [3.05, 3.63) is 64.0 Å². The number of esters is 1. The van der Waals surface area contributed by atoms with Gasteiger partial charge in [0.2, 0.25) is 0 Å². The molecule has 2 aromatic rings. The van der Waals surface area contributed by atoms with Crippen LogP contribution in [0.15, 0.2) is 42.5 Å². The Kier molecular flexibility index (Phi) is 6.42. The quantitative estimate of drug-likeness (QED) is 0.452. The van der Waals surface area contributed by atoms with Crippen LogP contribution >= 0.6 is 0 Å². The first-order valence-electron chi connectivity index (χ1n) is 7.90. The van der Waals surface area contributed by atoms with Crippen molar-refractivity contribution in [1.29, 1.82) is 0 Å². The first-order chi connectivity index (χ1) is 12.8. The van der Waals surface area contributed by atoms with Crippen molar-refractivity contribution < 1.29 is 28.4 Å². The van der Waals surface area contributed by atoms with Gasteiger partial charge in [-0.05, 0) is 37.6 Å². The number of non-ortho nitro benzene ring substituents is 1. The Balaban J connectivity index is 1.88. The van der Waals surface area contributed by atoms with Crippen LogP contribution in [-0.4, -0.2) is 29.5 Å². The zero-order valence-electron chi connectivity index (χ0n) is 14.6. The third-order valence-corrected chi connectivity index (χ3v) is 3.41. The molecule has 0 spiro atoms. The van der Waals surface area contributed by atoms with E-state index in [1.807, 2.05) is 13.0 Å². The van der Waals surface area contributed by atoms with Crippen molar-refractivity contribution >= 4 is 23.3 Å². The highest BCUT2D eigenvalue weighted by Crippen LogP contribution is 2.21. The third kappa shape index (κ3) is 5.77. The fourth-order valence-corrected chi connectivity index (χ4v) is 2.10. The Labute approximate surface area is 154 Å². The molecule has 0 aliphatic carbocycles. The molecule has 0 aliphatic heterocycles. The first-order valence-corrected chi connectivity index (χ1v) is 7.90. The molecule has 0 bridgehead atoms. The maximum atomic E-state index is 13.6. The number of anilines is 1. The molecule has 0 saturated carbocycles. The monoisotopic (exact) mass is 376 g/mol. The van der Waals surface area contributed by atoms with Gasteiger partial charge in [-0.25, -0.2) is 9.18 Å². The van der Waals surface area contributed by atoms with Crippen molar-refractivity contribution in [3.8, 4) is 5.75 Å². The van der Waals surface area contributed by atoms with Crippen LogP contribution < -0.4 is 10.1 Å². The van der Waals surface area contributed by atoms with Gasteiger partial charge in [0.15, 0.2) is 12.7 Å². The van der Waals surface area contributed by atoms with E-state index in [0.29, 0.717) is 5.75 Å². The fourth-order valence-electron chi connectivity index (χ4n) is 2.10. The van der Waals surface area contributed by atoms with E-state index in [1.165, 1.54) is 6.92 Å². The van der Waals surface area contributed by atoms with Crippen LogP contribution in [-0.2, 0) is 14.3 Å². The number of carbonyl (C=O) groups is 2. The van der Waals surface area contributed by atoms with Gasteiger partial charge in [0.1, 0.15) is 11.6 Å². The molecule has 0 heterocycles. The van der Waals surface area contributed by atoms with E-state index in [1.54, 1.807) is 18.2 Å². The highest BCUT2D eigenvalue weighted by atomic mass is 19.1. The number of carbonyl (C=O) groups excluding carboxylic acids is 2. The predicted molar refractivity (Wildman–Crippen MR) is 93.9 cm³/mol. The topological polar surface area (TPSA) is 108 Å². The Morgan fingerprint density at radius 2 is 2.00 bits per heavy atom. The molecule has 9 heteroatoms. The lowest BCUT2D eigenvalue weighted by atomic mass is 10.2. The average Bonchev–Trinajstić information content (AvgIpc) is 2.61. The predicted octanol–water partition coefficient (Wildman–Crippen LogP) is 2.99. The van der Waals surface area contributed by atoms with Gasteiger partial charge in [0.05, 0.1) is 10.6 Å². The molecule has 27 heavy (non-hydrogen) atoms. The summed E-state index contributed by atoms with van der Waals surface area (Å²) in [4.78, 5) is 33.7. The number of ether oxygens (including phenoxy) is 2. The number of halogens is 1. The molecule has 0 saturated heterocycles. The van der Waals surface area contributed by atoms with Gasteiger partial charge in [-0.1, -0.05) is 12.1 Å². The van der Waals surface area contributed by atoms with Gasteiger partial charge in [-0.15, -0.1) is 0 Å². The second-order valence-corrected chi connectivity index (χ2v) is 5.65. The van der Waals surface area contributed by atoms with Crippen molar-refractivity contribution in [2.75, 3.05) is 11.9 Å². The summed E-state index contributed by atoms with van der Waals surface area (Å²) in [6.45, 7) is 2.64. The van der Waals surface area contributed by atoms with Gasteiger partial charge in [-0.2, -0.15) is 0 Å². The number of hydrogen-bond acceptors (Lipinski definition) is 6. The lowest BCUT2D eigenvalue weighted by molar-refractivity contribution is -0.384. The Morgan fingerprint density at radius 1 is 1.26 bits per heavy atom. The van der Waals surface area contributed by atoms with Crippen molar-refractivity contribution in [2.24, 2.45) is 0 Å². The maximum absolute atomic E-state index is 13.6. The molecule has 0 aromatic heterocycles. The van der Waals surface area contributed by atoms with Crippen LogP contribution in [0.25, 0.3) is 0 Å². The number of rotatable bonds is 7. The Morgan fingerprint density at radius 3 is 2.67 bits per heavy atom. The molecule has 8 nitrogen and oxygen atoms in total. The van der Waals surface area contributed by atoms with Gasteiger partial charge < -0.3 is 14.8 Å². The van der Waals surface area contributed by atoms with Gasteiger partial charge in [0.25, 0.3) is 11.6 Å². The molecule has 1 amide bonds. The smallest absolute Gasteiger partial charge is 0.347 e. The molecule has 0 fully saturated rings. The van der Waals surface area contributed by atoms with Crippen LogP contribution in [0.2, 0.25) is 0 Å². The minimum Gasteiger partial charge on any atom is -0.479 e. The van der Waals surface area contributed by atoms with Gasteiger partial charge in [-0.3, -0.25) is 14.9 Å². The molecule has 1 atom stereocenters. The second-order valence-electron chi connectivity index (χ2n) is 5.65. The summed E-state index contributed by atoms with van der Waals surface area (Å²) in [5.74, 6) is -2.00.